The van der Waals surface area contributed by atoms with Gasteiger partial charge in [-0.25, -0.2) is 5.32 Å². The fourth-order valence-corrected chi connectivity index (χ4v) is 3.38. The van der Waals surface area contributed by atoms with Crippen LogP contribution in [0.2, 0.25) is 0 Å². The van der Waals surface area contributed by atoms with Crippen molar-refractivity contribution in [3.63, 3.8) is 0 Å². The molecule has 0 bridgehead atoms. The third-order valence-electron chi connectivity index (χ3n) is 4.25. The summed E-state index contributed by atoms with van der Waals surface area (Å²) in [4.78, 5) is 10.6. The molecule has 0 radical (unpaired) electrons. The zero-order valence-corrected chi connectivity index (χ0v) is 13.9. The molecule has 0 spiro atoms. The van der Waals surface area contributed by atoms with Crippen LogP contribution in [0.5, 0.6) is 0 Å². The minimum absolute atomic E-state index is 0.236. The van der Waals surface area contributed by atoms with E-state index in [1.807, 2.05) is 27.7 Å². The summed E-state index contributed by atoms with van der Waals surface area (Å²) in [5, 5.41) is 21.8. The van der Waals surface area contributed by atoms with Gasteiger partial charge in [-0.15, -0.1) is 4.63 Å². The van der Waals surface area contributed by atoms with Crippen LogP contribution in [0.1, 0.15) is 46.2 Å². The molecule has 0 atom stereocenters. The second-order valence-electron chi connectivity index (χ2n) is 7.15. The van der Waals surface area contributed by atoms with Gasteiger partial charge in [0.05, 0.1) is 18.7 Å². The van der Waals surface area contributed by atoms with E-state index in [1.165, 1.54) is 9.80 Å². The normalized spacial score (nSPS) is 21.7. The van der Waals surface area contributed by atoms with Gasteiger partial charge in [-0.1, -0.05) is 4.74 Å². The van der Waals surface area contributed by atoms with Crippen molar-refractivity contribution in [2.75, 3.05) is 5.32 Å². The number of aryl methyl sites for hydroxylation is 1. The molecule has 8 heteroatoms. The number of aromatic nitrogens is 2. The van der Waals surface area contributed by atoms with E-state index in [1.54, 1.807) is 7.05 Å². The minimum Gasteiger partial charge on any atom is -0.313 e. The van der Waals surface area contributed by atoms with Crippen molar-refractivity contribution >= 4 is 12.2 Å². The van der Waals surface area contributed by atoms with Crippen LogP contribution >= 0.6 is 0 Å². The van der Waals surface area contributed by atoms with Crippen molar-refractivity contribution in [3.05, 3.63) is 5.69 Å². The third kappa shape index (κ3) is 3.29. The Balaban J connectivity index is 2.04. The molecule has 22 heavy (non-hydrogen) atoms. The minimum atomic E-state index is -0.308. The SMILES string of the molecule is C[n+]1onc(CNC2CC(C)(C)N(O)C(C)(C)C2)c1NC=O. The maximum Gasteiger partial charge on any atom is 0.306 e. The zero-order chi connectivity index (χ0) is 16.5. The first-order valence-corrected chi connectivity index (χ1v) is 7.45. The Hall–Kier alpha value is -1.51. The second kappa shape index (κ2) is 5.94. The summed E-state index contributed by atoms with van der Waals surface area (Å²) in [5.41, 5.74) is 0.0342. The Morgan fingerprint density at radius 1 is 1.41 bits per heavy atom. The van der Waals surface area contributed by atoms with Crippen LogP contribution in [0.25, 0.3) is 0 Å². The van der Waals surface area contributed by atoms with Crippen molar-refractivity contribution in [2.24, 2.45) is 7.05 Å². The van der Waals surface area contributed by atoms with Gasteiger partial charge in [0, 0.05) is 17.1 Å². The van der Waals surface area contributed by atoms with E-state index in [0.29, 0.717) is 24.5 Å². The van der Waals surface area contributed by atoms with E-state index >= 15 is 0 Å². The van der Waals surface area contributed by atoms with Gasteiger partial charge in [0.1, 0.15) is 0 Å². The van der Waals surface area contributed by atoms with E-state index in [-0.39, 0.29) is 17.1 Å². The van der Waals surface area contributed by atoms with Crippen LogP contribution in [0.15, 0.2) is 4.63 Å². The largest absolute Gasteiger partial charge is 0.313 e. The highest BCUT2D eigenvalue weighted by atomic mass is 16.6. The lowest BCUT2D eigenvalue weighted by molar-refractivity contribution is -0.842. The molecule has 1 aromatic heterocycles. The molecular weight excluding hydrogens is 286 g/mol. The maximum atomic E-state index is 10.6. The van der Waals surface area contributed by atoms with E-state index < -0.39 is 0 Å². The van der Waals surface area contributed by atoms with Crippen LogP contribution in [0.4, 0.5) is 5.82 Å². The quantitative estimate of drug-likeness (QED) is 0.543. The Kier molecular flexibility index (Phi) is 4.55. The van der Waals surface area contributed by atoms with Crippen molar-refractivity contribution in [3.8, 4) is 0 Å². The molecule has 2 heterocycles. The number of carbonyl (C=O) groups is 1. The number of hydrogen-bond donors (Lipinski definition) is 3. The molecule has 1 saturated heterocycles. The second-order valence-corrected chi connectivity index (χ2v) is 7.15. The summed E-state index contributed by atoms with van der Waals surface area (Å²) in [6.07, 6.45) is 2.23. The smallest absolute Gasteiger partial charge is 0.306 e. The van der Waals surface area contributed by atoms with Crippen LogP contribution < -0.4 is 15.4 Å². The number of amides is 1. The van der Waals surface area contributed by atoms with Gasteiger partial charge < -0.3 is 10.5 Å². The molecule has 2 rings (SSSR count). The first kappa shape index (κ1) is 16.9. The van der Waals surface area contributed by atoms with E-state index in [9.17, 15) is 10.0 Å². The van der Waals surface area contributed by atoms with Crippen LogP contribution in [0, 0.1) is 0 Å². The Morgan fingerprint density at radius 3 is 2.55 bits per heavy atom. The van der Waals surface area contributed by atoms with Gasteiger partial charge >= 0.3 is 5.82 Å². The Labute approximate surface area is 130 Å². The third-order valence-corrected chi connectivity index (χ3v) is 4.25. The Morgan fingerprint density at radius 2 is 2.00 bits per heavy atom. The molecule has 8 nitrogen and oxygen atoms in total. The van der Waals surface area contributed by atoms with Crippen molar-refractivity contribution < 1.29 is 19.4 Å². The highest BCUT2D eigenvalue weighted by Crippen LogP contribution is 2.36. The lowest BCUT2D eigenvalue weighted by Crippen LogP contribution is -2.62. The van der Waals surface area contributed by atoms with Gasteiger partial charge in [-0.3, -0.25) is 4.79 Å². The first-order valence-electron chi connectivity index (χ1n) is 7.45. The number of hydroxylamine groups is 2. The highest BCUT2D eigenvalue weighted by Gasteiger charge is 2.45. The molecular formula is C14H26N5O3+. The number of nitrogens with one attached hydrogen (secondary N) is 2. The van der Waals surface area contributed by atoms with Crippen LogP contribution in [-0.4, -0.2) is 39.0 Å². The molecule has 0 unspecified atom stereocenters. The van der Waals surface area contributed by atoms with Gasteiger partial charge in [0.25, 0.3) is 6.41 Å². The molecule has 0 saturated carbocycles. The average Bonchev–Trinajstić information content (AvgIpc) is 2.75. The van der Waals surface area contributed by atoms with Crippen molar-refractivity contribution in [2.45, 2.75) is 64.2 Å². The molecule has 0 aromatic carbocycles. The maximum absolute atomic E-state index is 10.6. The fraction of sp³-hybridized carbons (Fsp3) is 0.786. The molecule has 1 aromatic rings. The van der Waals surface area contributed by atoms with Crippen molar-refractivity contribution in [1.29, 1.82) is 0 Å². The predicted octanol–water partition coefficient (Wildman–Crippen LogP) is 0.568. The van der Waals surface area contributed by atoms with E-state index in [2.05, 4.69) is 15.8 Å². The zero-order valence-electron chi connectivity index (χ0n) is 13.9. The summed E-state index contributed by atoms with van der Waals surface area (Å²) in [5.74, 6) is 0.542. The molecule has 124 valence electrons. The summed E-state index contributed by atoms with van der Waals surface area (Å²) >= 11 is 0. The average molecular weight is 312 g/mol. The number of nitrogens with zero attached hydrogens (tertiary/aromatic N) is 3. The Bertz CT molecular complexity index is 523. The van der Waals surface area contributed by atoms with Gasteiger partial charge in [-0.05, 0) is 40.5 Å². The predicted molar refractivity (Wildman–Crippen MR) is 79.0 cm³/mol. The lowest BCUT2D eigenvalue weighted by Gasteiger charge is -2.51. The molecule has 1 aliphatic heterocycles. The number of piperidine rings is 1. The van der Waals surface area contributed by atoms with Gasteiger partial charge in [-0.2, -0.15) is 5.06 Å². The molecule has 0 aliphatic carbocycles. The topological polar surface area (TPSA) is 94.5 Å². The fourth-order valence-electron chi connectivity index (χ4n) is 3.38. The summed E-state index contributed by atoms with van der Waals surface area (Å²) in [7, 11) is 1.68. The lowest BCUT2D eigenvalue weighted by atomic mass is 9.79. The standard InChI is InChI=1S/C14H25N5O3/c1-13(2)6-10(7-14(3,4)19(13)21)15-8-11-12(16-9-20)18(5)22-17-11/h9-10,15,21H,6-8H2,1-5H3/p+1. The highest BCUT2D eigenvalue weighted by molar-refractivity contribution is 5.68. The van der Waals surface area contributed by atoms with Gasteiger partial charge in [0.15, 0.2) is 0 Å². The van der Waals surface area contributed by atoms with Crippen LogP contribution in [0.3, 0.4) is 0 Å². The monoisotopic (exact) mass is 312 g/mol. The summed E-state index contributed by atoms with van der Waals surface area (Å²) < 4.78 is 6.46. The summed E-state index contributed by atoms with van der Waals surface area (Å²) in [6, 6.07) is 0.236. The number of carbonyl (C=O) groups excluding carboxylic acids is 1. The molecule has 3 N–H and O–H groups in total. The van der Waals surface area contributed by atoms with Gasteiger partial charge in [0.2, 0.25) is 5.69 Å². The van der Waals surface area contributed by atoms with E-state index in [0.717, 1.165) is 12.8 Å². The van der Waals surface area contributed by atoms with Crippen LogP contribution in [-0.2, 0) is 18.4 Å². The number of hydrogen-bond acceptors (Lipinski definition) is 6. The molecule has 1 aliphatic rings. The molecule has 1 fully saturated rings. The summed E-state index contributed by atoms with van der Waals surface area (Å²) in [6.45, 7) is 8.59. The molecule has 1 amide bonds. The van der Waals surface area contributed by atoms with E-state index in [4.69, 9.17) is 4.63 Å². The van der Waals surface area contributed by atoms with Crippen molar-refractivity contribution in [1.82, 2.24) is 15.5 Å². The number of rotatable bonds is 5. The first-order chi connectivity index (χ1) is 10.2. The number of anilines is 1.